The van der Waals surface area contributed by atoms with Crippen LogP contribution in [-0.4, -0.2) is 17.6 Å². The molecule has 0 aliphatic heterocycles. The predicted octanol–water partition coefficient (Wildman–Crippen LogP) is 1.58. The van der Waals surface area contributed by atoms with Crippen molar-refractivity contribution in [2.24, 2.45) is 0 Å². The van der Waals surface area contributed by atoms with Gasteiger partial charge in [0.15, 0.2) is 0 Å². The third kappa shape index (κ3) is 4.05. The third-order valence-corrected chi connectivity index (χ3v) is 2.07. The van der Waals surface area contributed by atoms with Crippen molar-refractivity contribution in [1.29, 1.82) is 0 Å². The molecule has 16 heavy (non-hydrogen) atoms. The highest BCUT2D eigenvalue weighted by molar-refractivity contribution is 5.72. The Kier molecular flexibility index (Phi) is 4.41. The van der Waals surface area contributed by atoms with Crippen LogP contribution < -0.4 is 5.32 Å². The number of carbonyl (C=O) groups is 1. The number of hydrogen-bond donors (Lipinski definition) is 2. The Morgan fingerprint density at radius 2 is 2.25 bits per heavy atom. The molecule has 0 aromatic heterocycles. The van der Waals surface area contributed by atoms with Gasteiger partial charge in [-0.25, -0.2) is 0 Å². The van der Waals surface area contributed by atoms with Gasteiger partial charge >= 0.3 is 0 Å². The summed E-state index contributed by atoms with van der Waals surface area (Å²) in [6.45, 7) is 3.87. The van der Waals surface area contributed by atoms with Gasteiger partial charge in [-0.2, -0.15) is 0 Å². The summed E-state index contributed by atoms with van der Waals surface area (Å²) < 4.78 is 0. The second-order valence-electron chi connectivity index (χ2n) is 3.54. The third-order valence-electron chi connectivity index (χ3n) is 2.07. The predicted molar refractivity (Wildman–Crippen MR) is 63.0 cm³/mol. The Bertz CT molecular complexity index is 441. The van der Waals surface area contributed by atoms with E-state index in [2.05, 4.69) is 17.2 Å². The zero-order chi connectivity index (χ0) is 12.0. The molecule has 0 radical (unpaired) electrons. The highest BCUT2D eigenvalue weighted by Crippen LogP contribution is 2.16. The zero-order valence-electron chi connectivity index (χ0n) is 9.50. The second-order valence-corrected chi connectivity index (χ2v) is 3.54. The number of aromatic hydroxyl groups is 1. The highest BCUT2D eigenvalue weighted by atomic mass is 16.3. The Hall–Kier alpha value is -1.95. The zero-order valence-corrected chi connectivity index (χ0v) is 9.50. The van der Waals surface area contributed by atoms with Crippen LogP contribution in [0.1, 0.15) is 24.5 Å². The van der Waals surface area contributed by atoms with Crippen molar-refractivity contribution >= 4 is 5.91 Å². The molecule has 0 saturated carbocycles. The SMILES string of the molecule is CC(=O)NCCC#Cc1ccc(C)c(O)c1. The first kappa shape index (κ1) is 12.1. The lowest BCUT2D eigenvalue weighted by molar-refractivity contribution is -0.118. The van der Waals surface area contributed by atoms with Gasteiger partial charge in [-0.05, 0) is 24.6 Å². The van der Waals surface area contributed by atoms with E-state index in [0.29, 0.717) is 13.0 Å². The quantitative estimate of drug-likeness (QED) is 0.583. The van der Waals surface area contributed by atoms with Crippen molar-refractivity contribution in [3.63, 3.8) is 0 Å². The molecule has 0 atom stereocenters. The van der Waals surface area contributed by atoms with Crippen LogP contribution in [0.4, 0.5) is 0 Å². The molecule has 0 fully saturated rings. The summed E-state index contributed by atoms with van der Waals surface area (Å²) in [5, 5.41) is 12.1. The van der Waals surface area contributed by atoms with Crippen molar-refractivity contribution in [1.82, 2.24) is 5.32 Å². The van der Waals surface area contributed by atoms with Gasteiger partial charge in [0, 0.05) is 25.5 Å². The summed E-state index contributed by atoms with van der Waals surface area (Å²) in [5.74, 6) is 6.06. The van der Waals surface area contributed by atoms with Crippen molar-refractivity contribution in [3.8, 4) is 17.6 Å². The summed E-state index contributed by atoms with van der Waals surface area (Å²) in [4.78, 5) is 10.6. The number of phenolic OH excluding ortho intramolecular Hbond substituents is 1. The van der Waals surface area contributed by atoms with Crippen LogP contribution in [0.3, 0.4) is 0 Å². The van der Waals surface area contributed by atoms with Gasteiger partial charge in [-0.3, -0.25) is 4.79 Å². The fraction of sp³-hybridized carbons (Fsp3) is 0.308. The van der Waals surface area contributed by atoms with E-state index >= 15 is 0 Å². The standard InChI is InChI=1S/C13H15NO2/c1-10-6-7-12(9-13(10)16)5-3-4-8-14-11(2)15/h6-7,9,16H,4,8H2,1-2H3,(H,14,15). The molecule has 0 saturated heterocycles. The summed E-state index contributed by atoms with van der Waals surface area (Å²) in [5.41, 5.74) is 1.62. The molecule has 84 valence electrons. The van der Waals surface area contributed by atoms with Crippen LogP contribution in [0.25, 0.3) is 0 Å². The van der Waals surface area contributed by atoms with Crippen LogP contribution in [0, 0.1) is 18.8 Å². The maximum Gasteiger partial charge on any atom is 0.216 e. The van der Waals surface area contributed by atoms with Gasteiger partial charge in [0.05, 0.1) is 0 Å². The van der Waals surface area contributed by atoms with Crippen molar-refractivity contribution in [2.75, 3.05) is 6.54 Å². The van der Waals surface area contributed by atoms with E-state index in [4.69, 9.17) is 0 Å². The minimum atomic E-state index is -0.0465. The number of hydrogen-bond acceptors (Lipinski definition) is 2. The van der Waals surface area contributed by atoms with E-state index in [1.165, 1.54) is 6.92 Å². The number of carbonyl (C=O) groups excluding carboxylic acids is 1. The number of benzene rings is 1. The largest absolute Gasteiger partial charge is 0.508 e. The Balaban J connectivity index is 2.50. The average Bonchev–Trinajstić information content (AvgIpc) is 2.22. The number of phenols is 1. The smallest absolute Gasteiger partial charge is 0.216 e. The summed E-state index contributed by atoms with van der Waals surface area (Å²) >= 11 is 0. The van der Waals surface area contributed by atoms with Crippen LogP contribution in [0.5, 0.6) is 5.75 Å². The topological polar surface area (TPSA) is 49.3 Å². The molecule has 3 nitrogen and oxygen atoms in total. The minimum absolute atomic E-state index is 0.0465. The molecule has 0 unspecified atom stereocenters. The van der Waals surface area contributed by atoms with Crippen molar-refractivity contribution in [2.45, 2.75) is 20.3 Å². The molecular weight excluding hydrogens is 202 g/mol. The van der Waals surface area contributed by atoms with Crippen molar-refractivity contribution in [3.05, 3.63) is 29.3 Å². The highest BCUT2D eigenvalue weighted by Gasteiger charge is 1.94. The van der Waals surface area contributed by atoms with Gasteiger partial charge < -0.3 is 10.4 Å². The fourth-order valence-corrected chi connectivity index (χ4v) is 1.15. The first-order valence-corrected chi connectivity index (χ1v) is 5.12. The molecule has 0 spiro atoms. The van der Waals surface area contributed by atoms with Gasteiger partial charge in [-0.1, -0.05) is 17.9 Å². The van der Waals surface area contributed by atoms with E-state index in [0.717, 1.165) is 11.1 Å². The normalized spacial score (nSPS) is 9.12. The molecule has 0 aliphatic rings. The van der Waals surface area contributed by atoms with Gasteiger partial charge in [0.2, 0.25) is 5.91 Å². The van der Waals surface area contributed by atoms with E-state index in [-0.39, 0.29) is 11.7 Å². The summed E-state index contributed by atoms with van der Waals surface area (Å²) in [6, 6.07) is 5.33. The van der Waals surface area contributed by atoms with Gasteiger partial charge in [-0.15, -0.1) is 0 Å². The molecule has 1 aromatic carbocycles. The average molecular weight is 217 g/mol. The van der Waals surface area contributed by atoms with Crippen LogP contribution in [-0.2, 0) is 4.79 Å². The summed E-state index contributed by atoms with van der Waals surface area (Å²) in [7, 11) is 0. The van der Waals surface area contributed by atoms with E-state index in [9.17, 15) is 9.90 Å². The monoisotopic (exact) mass is 217 g/mol. The lowest BCUT2D eigenvalue weighted by Crippen LogP contribution is -2.20. The molecule has 1 amide bonds. The molecule has 0 bridgehead atoms. The second kappa shape index (κ2) is 5.82. The molecule has 3 heteroatoms. The lowest BCUT2D eigenvalue weighted by Gasteiger charge is -1.98. The number of aryl methyl sites for hydroxylation is 1. The first-order valence-electron chi connectivity index (χ1n) is 5.12. The number of nitrogens with one attached hydrogen (secondary N) is 1. The van der Waals surface area contributed by atoms with Gasteiger partial charge in [0.1, 0.15) is 5.75 Å². The Morgan fingerprint density at radius 1 is 1.50 bits per heavy atom. The fourth-order valence-electron chi connectivity index (χ4n) is 1.15. The number of rotatable bonds is 2. The molecule has 0 heterocycles. The molecule has 0 aliphatic carbocycles. The number of amides is 1. The van der Waals surface area contributed by atoms with Gasteiger partial charge in [0.25, 0.3) is 0 Å². The molecule has 1 aromatic rings. The lowest BCUT2D eigenvalue weighted by atomic mass is 10.1. The Morgan fingerprint density at radius 3 is 2.88 bits per heavy atom. The maximum absolute atomic E-state index is 10.6. The molecule has 2 N–H and O–H groups in total. The van der Waals surface area contributed by atoms with Crippen LogP contribution in [0.15, 0.2) is 18.2 Å². The molecule has 1 rings (SSSR count). The van der Waals surface area contributed by atoms with Crippen LogP contribution in [0.2, 0.25) is 0 Å². The maximum atomic E-state index is 10.6. The van der Waals surface area contributed by atoms with Crippen LogP contribution >= 0.6 is 0 Å². The first-order chi connectivity index (χ1) is 7.59. The van der Waals surface area contributed by atoms with E-state index < -0.39 is 0 Å². The van der Waals surface area contributed by atoms with E-state index in [1.807, 2.05) is 19.1 Å². The van der Waals surface area contributed by atoms with E-state index in [1.54, 1.807) is 6.07 Å². The Labute approximate surface area is 95.5 Å². The summed E-state index contributed by atoms with van der Waals surface area (Å²) in [6.07, 6.45) is 0.605. The van der Waals surface area contributed by atoms with Crippen molar-refractivity contribution < 1.29 is 9.90 Å². The molecular formula is C13H15NO2. The minimum Gasteiger partial charge on any atom is -0.508 e.